The number of nitrogens with one attached hydrogen (secondary N) is 1. The van der Waals surface area contributed by atoms with Gasteiger partial charge in [-0.25, -0.2) is 0 Å². The monoisotopic (exact) mass is 254 g/mol. The summed E-state index contributed by atoms with van der Waals surface area (Å²) >= 11 is 3.36. The normalized spacial score (nSPS) is 12.4. The van der Waals surface area contributed by atoms with Crippen LogP contribution in [0.15, 0.2) is 35.5 Å². The second-order valence-corrected chi connectivity index (χ2v) is 3.98. The maximum Gasteiger partial charge on any atom is 0.0678 e. The van der Waals surface area contributed by atoms with Crippen LogP contribution >= 0.6 is 15.9 Å². The molecule has 76 valence electrons. The van der Waals surface area contributed by atoms with E-state index in [9.17, 15) is 0 Å². The molecule has 1 aromatic heterocycles. The molecule has 1 aromatic rings. The molecule has 2 nitrogen and oxygen atoms in total. The third-order valence-corrected chi connectivity index (χ3v) is 2.39. The molecule has 14 heavy (non-hydrogen) atoms. The fourth-order valence-electron chi connectivity index (χ4n) is 1.18. The number of aromatic nitrogens is 1. The van der Waals surface area contributed by atoms with Gasteiger partial charge in [0.15, 0.2) is 0 Å². The van der Waals surface area contributed by atoms with E-state index < -0.39 is 0 Å². The summed E-state index contributed by atoms with van der Waals surface area (Å²) in [5, 5.41) is 3.36. The van der Waals surface area contributed by atoms with E-state index in [1.165, 1.54) is 0 Å². The maximum atomic E-state index is 4.32. The zero-order valence-electron chi connectivity index (χ0n) is 8.33. The standard InChI is InChI=1S/C11H15BrN2/c1-3-7-13-10(4-2)11-6-5-9(12)8-14-11/h4-6,8,10,13H,2-3,7H2,1H3. The zero-order valence-corrected chi connectivity index (χ0v) is 9.92. The predicted molar refractivity (Wildman–Crippen MR) is 63.2 cm³/mol. The van der Waals surface area contributed by atoms with Crippen LogP contribution in [0.25, 0.3) is 0 Å². The molecule has 0 saturated heterocycles. The topological polar surface area (TPSA) is 24.9 Å². The maximum absolute atomic E-state index is 4.32. The Balaban J connectivity index is 2.68. The summed E-state index contributed by atoms with van der Waals surface area (Å²) in [4.78, 5) is 4.32. The molecule has 0 radical (unpaired) electrons. The van der Waals surface area contributed by atoms with Crippen LogP contribution < -0.4 is 5.32 Å². The lowest BCUT2D eigenvalue weighted by molar-refractivity contribution is 0.601. The van der Waals surface area contributed by atoms with Gasteiger partial charge in [0.2, 0.25) is 0 Å². The van der Waals surface area contributed by atoms with Gasteiger partial charge in [-0.15, -0.1) is 6.58 Å². The largest absolute Gasteiger partial charge is 0.305 e. The van der Waals surface area contributed by atoms with Crippen LogP contribution in [0.3, 0.4) is 0 Å². The lowest BCUT2D eigenvalue weighted by atomic mass is 10.2. The molecule has 0 fully saturated rings. The quantitative estimate of drug-likeness (QED) is 0.818. The minimum atomic E-state index is 0.156. The highest BCUT2D eigenvalue weighted by atomic mass is 79.9. The van der Waals surface area contributed by atoms with Crippen molar-refractivity contribution in [3.8, 4) is 0 Å². The van der Waals surface area contributed by atoms with E-state index in [0.717, 1.165) is 23.1 Å². The Labute approximate surface area is 93.6 Å². The number of halogens is 1. The van der Waals surface area contributed by atoms with E-state index in [0.29, 0.717) is 0 Å². The zero-order chi connectivity index (χ0) is 10.4. The Hall–Kier alpha value is -0.670. The summed E-state index contributed by atoms with van der Waals surface area (Å²) < 4.78 is 1.000. The molecule has 0 aliphatic carbocycles. The van der Waals surface area contributed by atoms with Crippen LogP contribution in [0.4, 0.5) is 0 Å². The number of nitrogens with zero attached hydrogens (tertiary/aromatic N) is 1. The van der Waals surface area contributed by atoms with Crippen molar-refractivity contribution in [1.29, 1.82) is 0 Å². The molecule has 0 amide bonds. The van der Waals surface area contributed by atoms with Crippen molar-refractivity contribution in [2.75, 3.05) is 6.54 Å². The van der Waals surface area contributed by atoms with E-state index in [2.05, 4.69) is 39.7 Å². The van der Waals surface area contributed by atoms with Gasteiger partial charge in [0.1, 0.15) is 0 Å². The average molecular weight is 255 g/mol. The van der Waals surface area contributed by atoms with Crippen LogP contribution in [0.5, 0.6) is 0 Å². The van der Waals surface area contributed by atoms with Crippen LogP contribution in [-0.2, 0) is 0 Å². The fraction of sp³-hybridized carbons (Fsp3) is 0.364. The lowest BCUT2D eigenvalue weighted by Crippen LogP contribution is -2.20. The molecule has 1 unspecified atom stereocenters. The number of hydrogen-bond donors (Lipinski definition) is 1. The van der Waals surface area contributed by atoms with Gasteiger partial charge in [0.05, 0.1) is 11.7 Å². The summed E-state index contributed by atoms with van der Waals surface area (Å²) in [6.07, 6.45) is 4.80. The molecule has 1 heterocycles. The van der Waals surface area contributed by atoms with Crippen LogP contribution in [0.2, 0.25) is 0 Å². The highest BCUT2D eigenvalue weighted by Crippen LogP contribution is 2.14. The molecule has 3 heteroatoms. The van der Waals surface area contributed by atoms with Gasteiger partial charge < -0.3 is 5.32 Å². The van der Waals surface area contributed by atoms with E-state index in [1.807, 2.05) is 18.2 Å². The van der Waals surface area contributed by atoms with E-state index >= 15 is 0 Å². The Morgan fingerprint density at radius 2 is 2.43 bits per heavy atom. The Kier molecular flexibility index (Phi) is 4.84. The van der Waals surface area contributed by atoms with Gasteiger partial charge in [0, 0.05) is 10.7 Å². The minimum absolute atomic E-state index is 0.156. The van der Waals surface area contributed by atoms with Crippen LogP contribution in [0.1, 0.15) is 25.1 Å². The van der Waals surface area contributed by atoms with Crippen molar-refractivity contribution >= 4 is 15.9 Å². The van der Waals surface area contributed by atoms with Crippen LogP contribution in [-0.4, -0.2) is 11.5 Å². The second kappa shape index (κ2) is 5.94. The molecule has 0 aliphatic heterocycles. The van der Waals surface area contributed by atoms with Gasteiger partial charge in [0.25, 0.3) is 0 Å². The first kappa shape index (κ1) is 11.4. The van der Waals surface area contributed by atoms with Gasteiger partial charge in [-0.1, -0.05) is 13.0 Å². The molecule has 0 bridgehead atoms. The predicted octanol–water partition coefficient (Wildman–Crippen LogP) is 3.07. The molecule has 0 aromatic carbocycles. The van der Waals surface area contributed by atoms with Crippen molar-refractivity contribution < 1.29 is 0 Å². The summed E-state index contributed by atoms with van der Waals surface area (Å²) in [5.41, 5.74) is 1.01. The molecular weight excluding hydrogens is 240 g/mol. The molecule has 0 spiro atoms. The first-order valence-electron chi connectivity index (χ1n) is 4.75. The molecule has 1 N–H and O–H groups in total. The van der Waals surface area contributed by atoms with E-state index in [-0.39, 0.29) is 6.04 Å². The van der Waals surface area contributed by atoms with Crippen molar-refractivity contribution in [3.05, 3.63) is 41.2 Å². The Morgan fingerprint density at radius 3 is 2.93 bits per heavy atom. The van der Waals surface area contributed by atoms with Crippen molar-refractivity contribution in [3.63, 3.8) is 0 Å². The minimum Gasteiger partial charge on any atom is -0.305 e. The van der Waals surface area contributed by atoms with Crippen molar-refractivity contribution in [1.82, 2.24) is 10.3 Å². The second-order valence-electron chi connectivity index (χ2n) is 3.07. The molecule has 0 saturated carbocycles. The van der Waals surface area contributed by atoms with Crippen molar-refractivity contribution in [2.24, 2.45) is 0 Å². The van der Waals surface area contributed by atoms with Gasteiger partial charge in [-0.2, -0.15) is 0 Å². The SMILES string of the molecule is C=CC(NCCC)c1ccc(Br)cn1. The summed E-state index contributed by atoms with van der Waals surface area (Å²) in [7, 11) is 0. The van der Waals surface area contributed by atoms with Gasteiger partial charge in [-0.3, -0.25) is 4.98 Å². The summed E-state index contributed by atoms with van der Waals surface area (Å²) in [5.74, 6) is 0. The molecular formula is C11H15BrN2. The van der Waals surface area contributed by atoms with E-state index in [4.69, 9.17) is 0 Å². The van der Waals surface area contributed by atoms with E-state index in [1.54, 1.807) is 6.20 Å². The van der Waals surface area contributed by atoms with Crippen molar-refractivity contribution in [2.45, 2.75) is 19.4 Å². The number of hydrogen-bond acceptors (Lipinski definition) is 2. The first-order valence-corrected chi connectivity index (χ1v) is 5.54. The fourth-order valence-corrected chi connectivity index (χ4v) is 1.41. The molecule has 1 rings (SSSR count). The first-order chi connectivity index (χ1) is 6.77. The van der Waals surface area contributed by atoms with Gasteiger partial charge >= 0.3 is 0 Å². The smallest absolute Gasteiger partial charge is 0.0678 e. The third-order valence-electron chi connectivity index (χ3n) is 1.92. The molecule has 0 aliphatic rings. The van der Waals surface area contributed by atoms with Crippen LogP contribution in [0, 0.1) is 0 Å². The third kappa shape index (κ3) is 3.24. The number of rotatable bonds is 5. The summed E-state index contributed by atoms with van der Waals surface area (Å²) in [6, 6.07) is 4.15. The number of pyridine rings is 1. The summed E-state index contributed by atoms with van der Waals surface area (Å²) in [6.45, 7) is 6.92. The Morgan fingerprint density at radius 1 is 1.64 bits per heavy atom. The lowest BCUT2D eigenvalue weighted by Gasteiger charge is -2.13. The highest BCUT2D eigenvalue weighted by molar-refractivity contribution is 9.10. The highest BCUT2D eigenvalue weighted by Gasteiger charge is 2.06. The van der Waals surface area contributed by atoms with Gasteiger partial charge in [-0.05, 0) is 41.0 Å². The average Bonchev–Trinajstić information content (AvgIpc) is 2.21. The molecule has 1 atom stereocenters. The Bertz CT molecular complexity index is 282.